The van der Waals surface area contributed by atoms with E-state index in [9.17, 15) is 24.0 Å². The van der Waals surface area contributed by atoms with E-state index in [2.05, 4.69) is 20.4 Å². The monoisotopic (exact) mass is 670 g/mol. The minimum atomic E-state index is -1.42. The van der Waals surface area contributed by atoms with E-state index >= 15 is 0 Å². The molecule has 1 unspecified atom stereocenters. The number of nitrogens with two attached hydrogens (primary N) is 1. The number of fused-ring (bicyclic) bond motifs is 1. The second kappa shape index (κ2) is 15.9. The van der Waals surface area contributed by atoms with Gasteiger partial charge in [-0.05, 0) is 13.3 Å². The van der Waals surface area contributed by atoms with Gasteiger partial charge >= 0.3 is 18.1 Å². The fourth-order valence-corrected chi connectivity index (χ4v) is 6.43. The number of β-lactam (4-membered cyclic amide) rings is 1. The van der Waals surface area contributed by atoms with Gasteiger partial charge in [0.1, 0.15) is 29.9 Å². The number of amides is 2. The van der Waals surface area contributed by atoms with E-state index in [1.165, 1.54) is 19.4 Å². The van der Waals surface area contributed by atoms with E-state index in [1.54, 1.807) is 6.92 Å². The lowest BCUT2D eigenvalue weighted by molar-refractivity contribution is -0.169. The number of hydrogen-bond donors (Lipinski definition) is 2. The molecule has 0 spiro atoms. The van der Waals surface area contributed by atoms with Gasteiger partial charge in [0.2, 0.25) is 6.29 Å². The van der Waals surface area contributed by atoms with Gasteiger partial charge in [-0.2, -0.15) is 0 Å². The van der Waals surface area contributed by atoms with Gasteiger partial charge in [0, 0.05) is 37.7 Å². The number of rotatable bonds is 13. The zero-order chi connectivity index (χ0) is 32.5. The zero-order valence-corrected chi connectivity index (χ0v) is 26.5. The molecule has 0 aromatic carbocycles. The molecular weight excluding hydrogens is 636 g/mol. The number of oxime groups is 1. The predicted octanol–water partition coefficient (Wildman–Crippen LogP) is 0.0576. The van der Waals surface area contributed by atoms with Crippen LogP contribution in [-0.4, -0.2) is 127 Å². The first-order valence-electron chi connectivity index (χ1n) is 14.0. The minimum absolute atomic E-state index is 0.0189. The summed E-state index contributed by atoms with van der Waals surface area (Å²) in [6.45, 7) is 6.63. The van der Waals surface area contributed by atoms with Gasteiger partial charge in [-0.1, -0.05) is 5.16 Å². The molecule has 1 aromatic rings. The smallest absolute Gasteiger partial charge is 0.463 e. The summed E-state index contributed by atoms with van der Waals surface area (Å²) in [6, 6.07) is -1.09. The van der Waals surface area contributed by atoms with E-state index in [1.807, 2.05) is 0 Å². The maximum atomic E-state index is 13.3. The molecule has 3 aliphatic rings. The Balaban J connectivity index is 1.38. The first-order valence-corrected chi connectivity index (χ1v) is 15.9. The summed E-state index contributed by atoms with van der Waals surface area (Å²) in [5.41, 5.74) is 5.12. The van der Waals surface area contributed by atoms with Gasteiger partial charge in [0.05, 0.1) is 32.0 Å². The molecule has 4 rings (SSSR count). The third-order valence-electron chi connectivity index (χ3n) is 6.61. The number of nitrogen functional groups attached to an aromatic ring is 1. The summed E-state index contributed by atoms with van der Waals surface area (Å²) in [6.07, 6.45) is -1.89. The summed E-state index contributed by atoms with van der Waals surface area (Å²) in [5.74, 6) is -3.42. The van der Waals surface area contributed by atoms with E-state index < -0.39 is 47.6 Å². The third-order valence-corrected chi connectivity index (χ3v) is 8.56. The van der Waals surface area contributed by atoms with Gasteiger partial charge in [0.25, 0.3) is 11.8 Å². The molecule has 45 heavy (non-hydrogen) atoms. The van der Waals surface area contributed by atoms with Crippen LogP contribution in [0.4, 0.5) is 9.93 Å². The van der Waals surface area contributed by atoms with Crippen LogP contribution in [0.2, 0.25) is 0 Å². The summed E-state index contributed by atoms with van der Waals surface area (Å²) in [5, 5.41) is 7.21. The Morgan fingerprint density at radius 1 is 1.20 bits per heavy atom. The highest BCUT2D eigenvalue weighted by molar-refractivity contribution is 8.00. The molecular formula is C26H34N6O11S2. The van der Waals surface area contributed by atoms with Crippen molar-refractivity contribution in [3.05, 3.63) is 22.3 Å². The van der Waals surface area contributed by atoms with Crippen molar-refractivity contribution >= 4 is 63.9 Å². The van der Waals surface area contributed by atoms with Gasteiger partial charge < -0.3 is 39.6 Å². The molecule has 2 saturated heterocycles. The molecule has 19 heteroatoms. The molecule has 2 fully saturated rings. The number of thiazole rings is 1. The fourth-order valence-electron chi connectivity index (χ4n) is 4.55. The van der Waals surface area contributed by atoms with E-state index in [0.717, 1.165) is 47.6 Å². The van der Waals surface area contributed by atoms with Crippen LogP contribution in [0.15, 0.2) is 21.8 Å². The van der Waals surface area contributed by atoms with E-state index in [4.69, 9.17) is 34.3 Å². The Bertz CT molecular complexity index is 1350. The Hall–Kier alpha value is -3.94. The molecule has 246 valence electrons. The zero-order valence-electron chi connectivity index (χ0n) is 24.8. The SMILES string of the molecule is CCOC(=O)C1=C(C(=O)OC(C)OC(=O)OCCCN2CCOCC2)N2C(=O)[C@@H](NC(=O)/C(=N\OC)c3csc(N)n3)[C@H]2SC1. The van der Waals surface area contributed by atoms with Crippen LogP contribution >= 0.6 is 23.1 Å². The third kappa shape index (κ3) is 8.41. The Morgan fingerprint density at radius 2 is 1.96 bits per heavy atom. The van der Waals surface area contributed by atoms with Crippen LogP contribution in [0.1, 0.15) is 26.0 Å². The number of esters is 2. The van der Waals surface area contributed by atoms with Gasteiger partial charge in [0.15, 0.2) is 10.8 Å². The summed E-state index contributed by atoms with van der Waals surface area (Å²) in [4.78, 5) is 76.5. The van der Waals surface area contributed by atoms with Crippen molar-refractivity contribution in [2.75, 3.05) is 64.7 Å². The van der Waals surface area contributed by atoms with Gasteiger partial charge in [-0.25, -0.2) is 19.4 Å². The molecule has 0 bridgehead atoms. The predicted molar refractivity (Wildman–Crippen MR) is 159 cm³/mol. The number of thioether (sulfide) groups is 1. The lowest BCUT2D eigenvalue weighted by Gasteiger charge is -2.49. The Kier molecular flexibility index (Phi) is 12.0. The molecule has 0 radical (unpaired) electrons. The number of anilines is 1. The standard InChI is InChI=1S/C26H34N6O11S2/c1-4-40-23(35)15-12-44-22-18(29-20(33)17(30-38-3)16-13-45-25(27)28-16)21(34)32(22)19(15)24(36)42-14(2)43-26(37)41-9-5-6-31-7-10-39-11-8-31/h13-14,18,22H,4-12H2,1-3H3,(H2,27,28)(H,29,33)/b30-17-/t14?,18-,22-/m1/s1. The molecule has 1 aromatic heterocycles. The van der Waals surface area contributed by atoms with Crippen LogP contribution in [0, 0.1) is 0 Å². The molecule has 3 atom stereocenters. The van der Waals surface area contributed by atoms with E-state index in [0.29, 0.717) is 19.6 Å². The first-order chi connectivity index (χ1) is 21.6. The van der Waals surface area contributed by atoms with Crippen molar-refractivity contribution in [2.24, 2.45) is 5.16 Å². The highest BCUT2D eigenvalue weighted by Gasteiger charge is 2.56. The lowest BCUT2D eigenvalue weighted by Crippen LogP contribution is -2.71. The highest BCUT2D eigenvalue weighted by Crippen LogP contribution is 2.41. The maximum Gasteiger partial charge on any atom is 0.511 e. The largest absolute Gasteiger partial charge is 0.511 e. The number of nitrogens with one attached hydrogen (secondary N) is 1. The van der Waals surface area contributed by atoms with Crippen molar-refractivity contribution in [1.82, 2.24) is 20.1 Å². The van der Waals surface area contributed by atoms with E-state index in [-0.39, 0.29) is 46.8 Å². The molecule has 2 amide bonds. The summed E-state index contributed by atoms with van der Waals surface area (Å²) >= 11 is 2.22. The molecule has 0 aliphatic carbocycles. The number of carbonyl (C=O) groups excluding carboxylic acids is 5. The molecule has 3 N–H and O–H groups in total. The van der Waals surface area contributed by atoms with Crippen molar-refractivity contribution in [3.8, 4) is 0 Å². The Labute approximate surface area is 266 Å². The Morgan fingerprint density at radius 3 is 2.62 bits per heavy atom. The molecule has 3 aliphatic heterocycles. The van der Waals surface area contributed by atoms with Crippen LogP contribution in [0.3, 0.4) is 0 Å². The summed E-state index contributed by atoms with van der Waals surface area (Å²) < 4.78 is 25.8. The van der Waals surface area contributed by atoms with Crippen LogP contribution in [0.5, 0.6) is 0 Å². The molecule has 4 heterocycles. The van der Waals surface area contributed by atoms with Crippen LogP contribution in [0.25, 0.3) is 0 Å². The van der Waals surface area contributed by atoms with Crippen molar-refractivity contribution < 1.29 is 52.5 Å². The minimum Gasteiger partial charge on any atom is -0.463 e. The van der Waals surface area contributed by atoms with Crippen molar-refractivity contribution in [3.63, 3.8) is 0 Å². The number of morpholine rings is 1. The number of carbonyl (C=O) groups is 5. The summed E-state index contributed by atoms with van der Waals surface area (Å²) in [7, 11) is 1.24. The molecule has 17 nitrogen and oxygen atoms in total. The maximum absolute atomic E-state index is 13.3. The second-order valence-corrected chi connectivity index (χ2v) is 11.6. The van der Waals surface area contributed by atoms with Gasteiger partial charge in [-0.3, -0.25) is 19.4 Å². The van der Waals surface area contributed by atoms with Crippen LogP contribution in [-0.2, 0) is 47.7 Å². The first kappa shape index (κ1) is 33.9. The number of hydrogen-bond acceptors (Lipinski definition) is 17. The van der Waals surface area contributed by atoms with Gasteiger partial charge in [-0.15, -0.1) is 23.1 Å². The fraction of sp³-hybridized carbons (Fsp3) is 0.577. The second-order valence-electron chi connectivity index (χ2n) is 9.60. The number of ether oxygens (including phenoxy) is 5. The quantitative estimate of drug-likeness (QED) is 0.0540. The van der Waals surface area contributed by atoms with Crippen LogP contribution < -0.4 is 11.1 Å². The average Bonchev–Trinajstić information content (AvgIpc) is 3.45. The normalized spacial score (nSPS) is 20.8. The average molecular weight is 671 g/mol. The number of nitrogens with zero attached hydrogens (tertiary/aromatic N) is 4. The topological polar surface area (TPSA) is 211 Å². The van der Waals surface area contributed by atoms with Crippen molar-refractivity contribution in [1.29, 1.82) is 0 Å². The lowest BCUT2D eigenvalue weighted by atomic mass is 10.0. The number of aromatic nitrogens is 1. The molecule has 0 saturated carbocycles. The highest BCUT2D eigenvalue weighted by atomic mass is 32.2. The van der Waals surface area contributed by atoms with Crippen molar-refractivity contribution in [2.45, 2.75) is 38.0 Å².